The molecule has 1 N–H and O–H groups in total. The summed E-state index contributed by atoms with van der Waals surface area (Å²) in [5.74, 6) is -0.121. The monoisotopic (exact) mass is 532 g/mol. The molecule has 0 spiro atoms. The Labute approximate surface area is 231 Å². The van der Waals surface area contributed by atoms with Gasteiger partial charge in [-0.1, -0.05) is 60.8 Å². The fourth-order valence-corrected chi connectivity index (χ4v) is 5.48. The quantitative estimate of drug-likeness (QED) is 0.299. The topological polar surface area (TPSA) is 68.3 Å². The summed E-state index contributed by atoms with van der Waals surface area (Å²) in [6, 6.07) is 16.0. The highest BCUT2D eigenvalue weighted by molar-refractivity contribution is 6.30. The molecule has 1 saturated carbocycles. The van der Waals surface area contributed by atoms with Gasteiger partial charge in [0.25, 0.3) is 0 Å². The zero-order valence-corrected chi connectivity index (χ0v) is 23.5. The lowest BCUT2D eigenvalue weighted by Crippen LogP contribution is -2.27. The van der Waals surface area contributed by atoms with Crippen LogP contribution in [0.2, 0.25) is 5.02 Å². The minimum Gasteiger partial charge on any atom is -0.460 e. The molecular weight excluding hydrogens is 496 g/mol. The van der Waals surface area contributed by atoms with Crippen LogP contribution < -0.4 is 5.32 Å². The highest BCUT2D eigenvalue weighted by Crippen LogP contribution is 2.39. The Morgan fingerprint density at radius 1 is 1.05 bits per heavy atom. The van der Waals surface area contributed by atoms with Crippen LogP contribution in [0.15, 0.2) is 60.9 Å². The average molecular weight is 533 g/mol. The zero-order chi connectivity index (χ0) is 27.3. The van der Waals surface area contributed by atoms with Crippen LogP contribution in [0, 0.1) is 12.8 Å². The van der Waals surface area contributed by atoms with Gasteiger partial charge in [-0.2, -0.15) is 0 Å². The predicted molar refractivity (Wildman–Crippen MR) is 153 cm³/mol. The summed E-state index contributed by atoms with van der Waals surface area (Å²) in [6.45, 7) is 7.61. The molecule has 4 rings (SSSR count). The smallest absolute Gasteiger partial charge is 0.306 e. The molecule has 5 nitrogen and oxygen atoms in total. The van der Waals surface area contributed by atoms with Crippen LogP contribution in [0.25, 0.3) is 11.1 Å². The number of carbonyl (C=O) groups excluding carboxylic acids is 2. The average Bonchev–Trinajstić information content (AvgIpc) is 3.38. The fourth-order valence-electron chi connectivity index (χ4n) is 5.31. The molecule has 3 aromatic rings. The van der Waals surface area contributed by atoms with E-state index in [0.717, 1.165) is 59.2 Å². The second-order valence-electron chi connectivity index (χ2n) is 11.2. The van der Waals surface area contributed by atoms with Crippen molar-refractivity contribution in [3.63, 3.8) is 0 Å². The summed E-state index contributed by atoms with van der Waals surface area (Å²) in [4.78, 5) is 30.2. The summed E-state index contributed by atoms with van der Waals surface area (Å²) in [5.41, 5.74) is 5.30. The van der Waals surface area contributed by atoms with E-state index in [0.29, 0.717) is 23.8 Å². The van der Waals surface area contributed by atoms with Gasteiger partial charge in [-0.05, 0) is 87.3 Å². The SMILES string of the molecule is Cc1c(CCC(=O)OC(C)(C)C)cccc1NC(=O)C(c1ccc(-c2cncc(Cl)c2)cc1)C1CCCC1. The number of anilines is 1. The van der Waals surface area contributed by atoms with Crippen molar-refractivity contribution >= 4 is 29.2 Å². The van der Waals surface area contributed by atoms with Crippen molar-refractivity contribution in [3.8, 4) is 11.1 Å². The number of benzene rings is 2. The van der Waals surface area contributed by atoms with E-state index in [1.807, 2.05) is 64.1 Å². The maximum Gasteiger partial charge on any atom is 0.306 e. The van der Waals surface area contributed by atoms with Gasteiger partial charge in [-0.25, -0.2) is 0 Å². The predicted octanol–water partition coefficient (Wildman–Crippen LogP) is 7.90. The van der Waals surface area contributed by atoms with Crippen molar-refractivity contribution < 1.29 is 14.3 Å². The van der Waals surface area contributed by atoms with E-state index in [-0.39, 0.29) is 17.8 Å². The highest BCUT2D eigenvalue weighted by Gasteiger charge is 2.32. The molecule has 1 heterocycles. The van der Waals surface area contributed by atoms with E-state index in [1.165, 1.54) is 0 Å². The third-order valence-corrected chi connectivity index (χ3v) is 7.39. The van der Waals surface area contributed by atoms with Gasteiger partial charge >= 0.3 is 5.97 Å². The van der Waals surface area contributed by atoms with Gasteiger partial charge in [-0.15, -0.1) is 0 Å². The van der Waals surface area contributed by atoms with Crippen LogP contribution in [0.5, 0.6) is 0 Å². The number of carbonyl (C=O) groups is 2. The summed E-state index contributed by atoms with van der Waals surface area (Å²) < 4.78 is 5.46. The number of pyridine rings is 1. The highest BCUT2D eigenvalue weighted by atomic mass is 35.5. The molecule has 1 aliphatic carbocycles. The van der Waals surface area contributed by atoms with Gasteiger partial charge in [0.15, 0.2) is 0 Å². The van der Waals surface area contributed by atoms with Gasteiger partial charge in [0.2, 0.25) is 5.91 Å². The number of nitrogens with zero attached hydrogens (tertiary/aromatic N) is 1. The summed E-state index contributed by atoms with van der Waals surface area (Å²) in [7, 11) is 0. The lowest BCUT2D eigenvalue weighted by atomic mass is 9.83. The molecule has 1 atom stereocenters. The van der Waals surface area contributed by atoms with Crippen molar-refractivity contribution in [2.24, 2.45) is 5.92 Å². The molecule has 200 valence electrons. The molecule has 0 bridgehead atoms. The molecule has 1 aliphatic rings. The first kappa shape index (κ1) is 27.8. The fraction of sp³-hybridized carbons (Fsp3) is 0.406. The second kappa shape index (κ2) is 12.1. The second-order valence-corrected chi connectivity index (χ2v) is 11.6. The first-order valence-electron chi connectivity index (χ1n) is 13.4. The number of rotatable bonds is 8. The van der Waals surface area contributed by atoms with E-state index in [1.54, 1.807) is 12.4 Å². The van der Waals surface area contributed by atoms with Gasteiger partial charge in [-0.3, -0.25) is 14.6 Å². The Morgan fingerprint density at radius 3 is 2.42 bits per heavy atom. The number of aryl methyl sites for hydroxylation is 1. The molecule has 1 amide bonds. The summed E-state index contributed by atoms with van der Waals surface area (Å²) >= 11 is 6.13. The third kappa shape index (κ3) is 7.22. The van der Waals surface area contributed by atoms with Crippen molar-refractivity contribution in [1.29, 1.82) is 0 Å². The number of aromatic nitrogens is 1. The van der Waals surface area contributed by atoms with E-state index in [4.69, 9.17) is 16.3 Å². The number of halogens is 1. The van der Waals surface area contributed by atoms with Crippen LogP contribution in [0.1, 0.15) is 75.5 Å². The number of hydrogen-bond donors (Lipinski definition) is 1. The van der Waals surface area contributed by atoms with Crippen LogP contribution in [0.3, 0.4) is 0 Å². The standard InChI is InChI=1S/C32H37ClN2O3/c1-21-22(16-17-29(36)38-32(2,3)4)10-7-11-28(21)35-31(37)30(24-8-5-6-9-24)25-14-12-23(13-15-25)26-18-27(33)20-34-19-26/h7,10-15,18-20,24,30H,5-6,8-9,16-17H2,1-4H3,(H,35,37). The van der Waals surface area contributed by atoms with Crippen molar-refractivity contribution in [2.45, 2.75) is 77.7 Å². The molecule has 38 heavy (non-hydrogen) atoms. The third-order valence-electron chi connectivity index (χ3n) is 7.18. The van der Waals surface area contributed by atoms with Gasteiger partial charge in [0, 0.05) is 30.1 Å². The molecule has 0 saturated heterocycles. The molecular formula is C32H37ClN2O3. The molecule has 1 fully saturated rings. The van der Waals surface area contributed by atoms with Crippen molar-refractivity contribution in [1.82, 2.24) is 4.98 Å². The van der Waals surface area contributed by atoms with Crippen LogP contribution in [-0.2, 0) is 20.7 Å². The Balaban J connectivity index is 1.51. The molecule has 1 aromatic heterocycles. The van der Waals surface area contributed by atoms with Crippen molar-refractivity contribution in [3.05, 3.63) is 82.6 Å². The maximum atomic E-state index is 13.8. The van der Waals surface area contributed by atoms with Crippen LogP contribution >= 0.6 is 11.6 Å². The Morgan fingerprint density at radius 2 is 1.76 bits per heavy atom. The molecule has 1 unspecified atom stereocenters. The minimum absolute atomic E-state index is 0.0152. The number of hydrogen-bond acceptors (Lipinski definition) is 4. The van der Waals surface area contributed by atoms with Crippen molar-refractivity contribution in [2.75, 3.05) is 5.32 Å². The normalized spacial score (nSPS) is 14.8. The first-order chi connectivity index (χ1) is 18.1. The Hall–Kier alpha value is -3.18. The molecule has 0 aliphatic heterocycles. The molecule has 2 aromatic carbocycles. The number of esters is 1. The lowest BCUT2D eigenvalue weighted by molar-refractivity contribution is -0.154. The zero-order valence-electron chi connectivity index (χ0n) is 22.7. The van der Waals surface area contributed by atoms with Crippen LogP contribution in [-0.4, -0.2) is 22.5 Å². The van der Waals surface area contributed by atoms with Gasteiger partial charge in [0.05, 0.1) is 10.9 Å². The molecule has 0 radical (unpaired) electrons. The molecule has 6 heteroatoms. The van der Waals surface area contributed by atoms with Crippen LogP contribution in [0.4, 0.5) is 5.69 Å². The number of ether oxygens (including phenoxy) is 1. The van der Waals surface area contributed by atoms with E-state index in [9.17, 15) is 9.59 Å². The van der Waals surface area contributed by atoms with Gasteiger partial charge in [0.1, 0.15) is 5.60 Å². The Bertz CT molecular complexity index is 1270. The largest absolute Gasteiger partial charge is 0.460 e. The lowest BCUT2D eigenvalue weighted by Gasteiger charge is -2.24. The number of amides is 1. The maximum absolute atomic E-state index is 13.8. The number of nitrogens with one attached hydrogen (secondary N) is 1. The van der Waals surface area contributed by atoms with E-state index in [2.05, 4.69) is 22.4 Å². The van der Waals surface area contributed by atoms with Gasteiger partial charge < -0.3 is 10.1 Å². The summed E-state index contributed by atoms with van der Waals surface area (Å²) in [5, 5.41) is 3.82. The summed E-state index contributed by atoms with van der Waals surface area (Å²) in [6.07, 6.45) is 8.68. The minimum atomic E-state index is -0.500. The van der Waals surface area contributed by atoms with E-state index < -0.39 is 5.60 Å². The Kier molecular flexibility index (Phi) is 8.88. The van der Waals surface area contributed by atoms with E-state index >= 15 is 0 Å². The first-order valence-corrected chi connectivity index (χ1v) is 13.8.